The number of anilines is 1. The second-order valence-electron chi connectivity index (χ2n) is 9.58. The van der Waals surface area contributed by atoms with E-state index in [9.17, 15) is 14.4 Å². The molecule has 1 saturated heterocycles. The molecule has 2 aromatic carbocycles. The molecule has 3 aromatic rings. The number of hydrogen-bond acceptors (Lipinski definition) is 6. The first-order valence-electron chi connectivity index (χ1n) is 11.5. The van der Waals surface area contributed by atoms with Crippen molar-refractivity contribution in [3.05, 3.63) is 74.7 Å². The SMILES string of the molecule is COc1ccc(C2c3sc(=O)[nH]c3SC3C2[C@H]2C[C@@H]3C3C(=O)N(c4ccccc4)C(=O)C32)cc1. The van der Waals surface area contributed by atoms with Crippen molar-refractivity contribution in [2.75, 3.05) is 12.0 Å². The molecule has 2 aliphatic heterocycles. The Morgan fingerprint density at radius 3 is 2.35 bits per heavy atom. The highest BCUT2D eigenvalue weighted by molar-refractivity contribution is 8.00. The highest BCUT2D eigenvalue weighted by Gasteiger charge is 2.69. The number of methoxy groups -OCH3 is 1. The number of ether oxygens (including phenoxy) is 1. The Hall–Kier alpha value is -2.84. The lowest BCUT2D eigenvalue weighted by Crippen LogP contribution is -2.42. The van der Waals surface area contributed by atoms with E-state index in [0.29, 0.717) is 5.69 Å². The zero-order valence-electron chi connectivity index (χ0n) is 18.3. The predicted octanol–water partition coefficient (Wildman–Crippen LogP) is 4.12. The van der Waals surface area contributed by atoms with Crippen LogP contribution in [0.1, 0.15) is 22.8 Å². The topological polar surface area (TPSA) is 79.5 Å². The summed E-state index contributed by atoms with van der Waals surface area (Å²) in [6, 6.07) is 17.4. The first kappa shape index (κ1) is 20.5. The summed E-state index contributed by atoms with van der Waals surface area (Å²) in [5, 5.41) is 1.13. The van der Waals surface area contributed by atoms with Crippen LogP contribution in [-0.4, -0.2) is 29.2 Å². The Kier molecular flexibility index (Phi) is 4.42. The molecule has 4 aliphatic rings. The zero-order chi connectivity index (χ0) is 23.1. The van der Waals surface area contributed by atoms with Crippen molar-refractivity contribution in [3.63, 3.8) is 0 Å². The number of thiazole rings is 1. The number of nitrogens with zero attached hydrogens (tertiary/aromatic N) is 1. The number of benzene rings is 2. The van der Waals surface area contributed by atoms with Crippen molar-refractivity contribution in [1.29, 1.82) is 0 Å². The van der Waals surface area contributed by atoms with E-state index in [0.717, 1.165) is 27.6 Å². The van der Waals surface area contributed by atoms with Crippen LogP contribution in [-0.2, 0) is 9.59 Å². The number of thioether (sulfide) groups is 1. The average molecular weight is 491 g/mol. The van der Waals surface area contributed by atoms with Crippen LogP contribution in [0.5, 0.6) is 5.75 Å². The summed E-state index contributed by atoms with van der Waals surface area (Å²) in [5.41, 5.74) is 1.80. The van der Waals surface area contributed by atoms with Gasteiger partial charge in [0.1, 0.15) is 5.75 Å². The molecule has 5 unspecified atom stereocenters. The number of fused-ring (bicyclic) bond motifs is 9. The van der Waals surface area contributed by atoms with Gasteiger partial charge in [-0.25, -0.2) is 0 Å². The highest BCUT2D eigenvalue weighted by atomic mass is 32.2. The number of carbonyl (C=O) groups is 2. The van der Waals surface area contributed by atoms with Crippen molar-refractivity contribution in [2.24, 2.45) is 29.6 Å². The molecule has 6 nitrogen and oxygen atoms in total. The molecule has 2 saturated carbocycles. The molecule has 2 amide bonds. The lowest BCUT2D eigenvalue weighted by Gasteiger charge is -2.43. The van der Waals surface area contributed by atoms with Crippen LogP contribution in [0.25, 0.3) is 0 Å². The predicted molar refractivity (Wildman–Crippen MR) is 130 cm³/mol. The van der Waals surface area contributed by atoms with Gasteiger partial charge in [-0.2, -0.15) is 0 Å². The van der Waals surface area contributed by atoms with Gasteiger partial charge in [-0.1, -0.05) is 41.7 Å². The lowest BCUT2D eigenvalue weighted by atomic mass is 9.68. The molecule has 3 fully saturated rings. The largest absolute Gasteiger partial charge is 0.497 e. The number of aromatic amines is 1. The number of aromatic nitrogens is 1. The molecule has 0 radical (unpaired) electrons. The Labute approximate surface area is 204 Å². The van der Waals surface area contributed by atoms with Crippen LogP contribution in [0, 0.1) is 29.6 Å². The van der Waals surface area contributed by atoms with Crippen molar-refractivity contribution in [3.8, 4) is 5.75 Å². The number of para-hydroxylation sites is 1. The molecule has 1 aromatic heterocycles. The van der Waals surface area contributed by atoms with E-state index in [-0.39, 0.29) is 57.4 Å². The standard InChI is InChI=1S/C26H22N2O4S2/c1-32-14-9-7-12(8-10-14)17-18-15-11-16(21(18)33-23-22(17)34-26(31)27-23)20-19(15)24(29)28(25(20)30)13-5-3-2-4-6-13/h2-10,15-21H,11H2,1H3,(H,27,31)/t15-,16-,17?,18?,19?,20?,21?/m1/s1. The molecule has 7 atom stereocenters. The van der Waals surface area contributed by atoms with Crippen LogP contribution in [0.15, 0.2) is 64.4 Å². The van der Waals surface area contributed by atoms with Crippen molar-refractivity contribution in [1.82, 2.24) is 4.98 Å². The zero-order valence-corrected chi connectivity index (χ0v) is 20.0. The molecule has 172 valence electrons. The summed E-state index contributed by atoms with van der Waals surface area (Å²) in [7, 11) is 1.65. The summed E-state index contributed by atoms with van der Waals surface area (Å²) in [4.78, 5) is 45.1. The van der Waals surface area contributed by atoms with Crippen molar-refractivity contribution >= 4 is 40.6 Å². The van der Waals surface area contributed by atoms with Crippen LogP contribution < -0.4 is 14.5 Å². The molecule has 2 aliphatic carbocycles. The number of hydrogen-bond donors (Lipinski definition) is 1. The third-order valence-corrected chi connectivity index (χ3v) is 10.8. The minimum absolute atomic E-state index is 0.0285. The van der Waals surface area contributed by atoms with E-state index in [1.54, 1.807) is 18.9 Å². The van der Waals surface area contributed by atoms with Gasteiger partial charge in [-0.15, -0.1) is 11.8 Å². The van der Waals surface area contributed by atoms with E-state index in [1.165, 1.54) is 16.2 Å². The first-order chi connectivity index (χ1) is 16.6. The maximum absolute atomic E-state index is 13.7. The highest BCUT2D eigenvalue weighted by Crippen LogP contribution is 2.68. The van der Waals surface area contributed by atoms with Gasteiger partial charge < -0.3 is 9.72 Å². The second kappa shape index (κ2) is 7.33. The van der Waals surface area contributed by atoms with E-state index in [4.69, 9.17) is 4.74 Å². The van der Waals surface area contributed by atoms with Gasteiger partial charge in [0, 0.05) is 16.0 Å². The van der Waals surface area contributed by atoms with Crippen LogP contribution in [0.4, 0.5) is 5.69 Å². The number of nitrogens with one attached hydrogen (secondary N) is 1. The molecule has 34 heavy (non-hydrogen) atoms. The summed E-state index contributed by atoms with van der Waals surface area (Å²) in [6.07, 6.45) is 0.892. The Morgan fingerprint density at radius 1 is 0.941 bits per heavy atom. The fourth-order valence-corrected chi connectivity index (χ4v) is 9.92. The Bertz CT molecular complexity index is 1370. The quantitative estimate of drug-likeness (QED) is 0.559. The number of carbonyl (C=O) groups excluding carboxylic acids is 2. The lowest BCUT2D eigenvalue weighted by molar-refractivity contribution is -0.123. The van der Waals surface area contributed by atoms with Gasteiger partial charge in [0.25, 0.3) is 0 Å². The summed E-state index contributed by atoms with van der Waals surface area (Å²) in [5.74, 6) is 0.611. The van der Waals surface area contributed by atoms with Gasteiger partial charge in [0.05, 0.1) is 29.7 Å². The monoisotopic (exact) mass is 490 g/mol. The minimum atomic E-state index is -0.280. The third kappa shape index (κ3) is 2.66. The average Bonchev–Trinajstić information content (AvgIpc) is 3.58. The first-order valence-corrected chi connectivity index (χ1v) is 13.2. The number of imide groups is 1. The molecule has 7 rings (SSSR count). The number of H-pyrrole nitrogens is 1. The fourth-order valence-electron chi connectivity index (χ4n) is 7.03. The van der Waals surface area contributed by atoms with Gasteiger partial charge in [-0.3, -0.25) is 19.3 Å². The van der Waals surface area contributed by atoms with Gasteiger partial charge in [0.15, 0.2) is 0 Å². The maximum atomic E-state index is 13.7. The van der Waals surface area contributed by atoms with E-state index in [2.05, 4.69) is 17.1 Å². The molecular formula is C26H22N2O4S2. The van der Waals surface area contributed by atoms with E-state index < -0.39 is 0 Å². The van der Waals surface area contributed by atoms with Crippen LogP contribution in [0.3, 0.4) is 0 Å². The molecule has 8 heteroatoms. The molecule has 2 bridgehead atoms. The normalized spacial score (nSPS) is 33.1. The van der Waals surface area contributed by atoms with Gasteiger partial charge >= 0.3 is 4.87 Å². The van der Waals surface area contributed by atoms with Gasteiger partial charge in [-0.05, 0) is 54.0 Å². The van der Waals surface area contributed by atoms with Gasteiger partial charge in [0.2, 0.25) is 11.8 Å². The Balaban J connectivity index is 1.33. The van der Waals surface area contributed by atoms with Crippen LogP contribution >= 0.6 is 23.1 Å². The smallest absolute Gasteiger partial charge is 0.305 e. The molecule has 1 N–H and O–H groups in total. The number of amides is 2. The van der Waals surface area contributed by atoms with E-state index >= 15 is 0 Å². The summed E-state index contributed by atoms with van der Waals surface area (Å²) < 4.78 is 5.36. The van der Waals surface area contributed by atoms with Crippen molar-refractivity contribution < 1.29 is 14.3 Å². The Morgan fingerprint density at radius 2 is 1.65 bits per heavy atom. The molecule has 3 heterocycles. The molecular weight excluding hydrogens is 468 g/mol. The second-order valence-corrected chi connectivity index (χ2v) is 11.8. The van der Waals surface area contributed by atoms with E-state index in [1.807, 2.05) is 42.5 Å². The van der Waals surface area contributed by atoms with Crippen molar-refractivity contribution in [2.45, 2.75) is 22.6 Å². The minimum Gasteiger partial charge on any atom is -0.497 e. The third-order valence-electron chi connectivity index (χ3n) is 8.21. The number of rotatable bonds is 3. The summed E-state index contributed by atoms with van der Waals surface area (Å²) in [6.45, 7) is 0. The maximum Gasteiger partial charge on any atom is 0.305 e. The summed E-state index contributed by atoms with van der Waals surface area (Å²) >= 11 is 2.99. The fraction of sp³-hybridized carbons (Fsp3) is 0.346. The molecule has 0 spiro atoms. The van der Waals surface area contributed by atoms with Crippen LogP contribution in [0.2, 0.25) is 0 Å².